The van der Waals surface area contributed by atoms with Gasteiger partial charge >= 0.3 is 0 Å². The van der Waals surface area contributed by atoms with E-state index in [1.807, 2.05) is 6.07 Å². The number of aromatic nitrogens is 2. The molecule has 2 aromatic carbocycles. The van der Waals surface area contributed by atoms with E-state index in [2.05, 4.69) is 15.5 Å². The molecule has 8 heteroatoms. The van der Waals surface area contributed by atoms with Gasteiger partial charge in [0.25, 0.3) is 0 Å². The number of benzene rings is 2. The van der Waals surface area contributed by atoms with Crippen molar-refractivity contribution in [3.63, 3.8) is 0 Å². The van der Waals surface area contributed by atoms with Crippen LogP contribution in [0.15, 0.2) is 59.5 Å². The number of aryl methyl sites for hydroxylation is 1. The molecule has 0 saturated carbocycles. The minimum Gasteiger partial charge on any atom is -0.339 e. The van der Waals surface area contributed by atoms with Crippen molar-refractivity contribution in [3.05, 3.63) is 66.0 Å². The first-order valence-corrected chi connectivity index (χ1v) is 11.3. The van der Waals surface area contributed by atoms with E-state index in [-0.39, 0.29) is 5.82 Å². The largest absolute Gasteiger partial charge is 0.339 e. The lowest BCUT2D eigenvalue weighted by molar-refractivity contribution is 0.346. The summed E-state index contributed by atoms with van der Waals surface area (Å²) in [4.78, 5) is 0.311. The Kier molecular flexibility index (Phi) is 5.78. The average molecular weight is 427 g/mol. The van der Waals surface area contributed by atoms with Crippen molar-refractivity contribution in [1.29, 1.82) is 0 Å². The number of sulfonamides is 1. The van der Waals surface area contributed by atoms with Crippen LogP contribution in [-0.2, 0) is 10.0 Å². The lowest BCUT2D eigenvalue weighted by Crippen LogP contribution is -2.35. The Labute approximate surface area is 175 Å². The summed E-state index contributed by atoms with van der Waals surface area (Å²) in [6.45, 7) is 2.93. The highest BCUT2D eigenvalue weighted by Gasteiger charge is 2.27. The van der Waals surface area contributed by atoms with E-state index in [4.69, 9.17) is 0 Å². The van der Waals surface area contributed by atoms with Gasteiger partial charge < -0.3 is 5.32 Å². The number of nitrogens with one attached hydrogen (secondary N) is 1. The molecule has 30 heavy (non-hydrogen) atoms. The number of nitrogens with zero attached hydrogens (tertiary/aromatic N) is 3. The van der Waals surface area contributed by atoms with Gasteiger partial charge in [0.2, 0.25) is 10.0 Å². The van der Waals surface area contributed by atoms with Crippen LogP contribution in [0, 0.1) is 12.7 Å². The molecule has 1 saturated heterocycles. The molecule has 0 amide bonds. The molecule has 4 rings (SSSR count). The molecule has 3 aromatic rings. The van der Waals surface area contributed by atoms with Crippen LogP contribution in [0.3, 0.4) is 0 Å². The summed E-state index contributed by atoms with van der Waals surface area (Å²) >= 11 is 0. The summed E-state index contributed by atoms with van der Waals surface area (Å²) in [7, 11) is -3.54. The fourth-order valence-corrected chi connectivity index (χ4v) is 5.32. The average Bonchev–Trinajstić information content (AvgIpc) is 2.75. The second kappa shape index (κ2) is 8.49. The van der Waals surface area contributed by atoms with Crippen molar-refractivity contribution in [2.75, 3.05) is 18.4 Å². The van der Waals surface area contributed by atoms with Crippen LogP contribution in [0.2, 0.25) is 0 Å². The first-order valence-electron chi connectivity index (χ1n) is 9.91. The van der Waals surface area contributed by atoms with Gasteiger partial charge in [0.15, 0.2) is 5.82 Å². The van der Waals surface area contributed by atoms with Crippen LogP contribution in [0.25, 0.3) is 11.3 Å². The van der Waals surface area contributed by atoms with Crippen LogP contribution in [0.5, 0.6) is 0 Å². The highest BCUT2D eigenvalue weighted by molar-refractivity contribution is 7.89. The van der Waals surface area contributed by atoms with Gasteiger partial charge in [-0.15, -0.1) is 10.2 Å². The van der Waals surface area contributed by atoms with Gasteiger partial charge in [0.1, 0.15) is 5.82 Å². The Morgan fingerprint density at radius 1 is 0.967 bits per heavy atom. The number of hydrogen-bond acceptors (Lipinski definition) is 5. The molecule has 0 radical (unpaired) electrons. The molecular weight excluding hydrogens is 403 g/mol. The smallest absolute Gasteiger partial charge is 0.243 e. The minimum absolute atomic E-state index is 0.311. The molecule has 156 valence electrons. The van der Waals surface area contributed by atoms with E-state index in [0.717, 1.165) is 19.3 Å². The Bertz CT molecular complexity index is 1140. The van der Waals surface area contributed by atoms with Crippen LogP contribution in [-0.4, -0.2) is 36.0 Å². The second-order valence-corrected chi connectivity index (χ2v) is 9.29. The van der Waals surface area contributed by atoms with Gasteiger partial charge in [-0.3, -0.25) is 0 Å². The Balaban J connectivity index is 1.59. The number of halogens is 1. The summed E-state index contributed by atoms with van der Waals surface area (Å²) in [6.07, 6.45) is 2.85. The third kappa shape index (κ3) is 4.34. The number of rotatable bonds is 5. The van der Waals surface area contributed by atoms with Crippen molar-refractivity contribution in [1.82, 2.24) is 14.5 Å². The second-order valence-electron chi connectivity index (χ2n) is 7.38. The molecule has 6 nitrogen and oxygen atoms in total. The molecule has 1 N–H and O–H groups in total. The summed E-state index contributed by atoms with van der Waals surface area (Å²) in [5, 5.41) is 11.4. The fraction of sp³-hybridized carbons (Fsp3) is 0.273. The molecular formula is C22H23FN4O2S. The molecule has 0 spiro atoms. The van der Waals surface area contributed by atoms with Gasteiger partial charge in [0.05, 0.1) is 10.6 Å². The molecule has 0 unspecified atom stereocenters. The SMILES string of the molecule is Cc1ccc(-c2ccc(Nc3cccc(F)c3)nn2)cc1S(=O)(=O)N1CCCCC1. The normalized spacial score (nSPS) is 15.1. The predicted molar refractivity (Wildman–Crippen MR) is 114 cm³/mol. The topological polar surface area (TPSA) is 75.2 Å². The van der Waals surface area contributed by atoms with Gasteiger partial charge in [-0.1, -0.05) is 24.6 Å². The van der Waals surface area contributed by atoms with Gasteiger partial charge in [0, 0.05) is 24.3 Å². The summed E-state index contributed by atoms with van der Waals surface area (Å²) in [5.74, 6) is 0.129. The number of hydrogen-bond donors (Lipinski definition) is 1. The van der Waals surface area contributed by atoms with E-state index in [1.165, 1.54) is 12.1 Å². The molecule has 2 heterocycles. The fourth-order valence-electron chi connectivity index (χ4n) is 3.55. The summed E-state index contributed by atoms with van der Waals surface area (Å²) in [5.41, 5.74) is 2.53. The van der Waals surface area contributed by atoms with Crippen molar-refractivity contribution in [3.8, 4) is 11.3 Å². The third-order valence-corrected chi connectivity index (χ3v) is 7.22. The maximum Gasteiger partial charge on any atom is 0.243 e. The molecule has 0 bridgehead atoms. The first kappa shape index (κ1) is 20.4. The molecule has 1 aromatic heterocycles. The van der Waals surface area contributed by atoms with E-state index in [1.54, 1.807) is 47.6 Å². The van der Waals surface area contributed by atoms with Gasteiger partial charge in [-0.05, 0) is 61.7 Å². The number of anilines is 2. The maximum atomic E-state index is 13.3. The van der Waals surface area contributed by atoms with E-state index >= 15 is 0 Å². The standard InChI is InChI=1S/C22H23FN4O2S/c1-16-8-9-17(14-21(16)30(28,29)27-12-3-2-4-13-27)20-10-11-22(26-25-20)24-19-7-5-6-18(23)15-19/h5-11,14-15H,2-4,12-13H2,1H3,(H,24,26). The van der Waals surface area contributed by atoms with Crippen molar-refractivity contribution < 1.29 is 12.8 Å². The van der Waals surface area contributed by atoms with E-state index < -0.39 is 10.0 Å². The maximum absolute atomic E-state index is 13.3. The van der Waals surface area contributed by atoms with Crippen LogP contribution >= 0.6 is 0 Å². The third-order valence-electron chi connectivity index (χ3n) is 5.18. The Morgan fingerprint density at radius 3 is 2.47 bits per heavy atom. The van der Waals surface area contributed by atoms with Crippen LogP contribution in [0.4, 0.5) is 15.9 Å². The monoisotopic (exact) mass is 426 g/mol. The molecule has 1 fully saturated rings. The molecule has 1 aliphatic rings. The minimum atomic E-state index is -3.54. The summed E-state index contributed by atoms with van der Waals surface area (Å²) < 4.78 is 41.1. The number of piperidine rings is 1. The van der Waals surface area contributed by atoms with Crippen molar-refractivity contribution in [2.45, 2.75) is 31.1 Å². The van der Waals surface area contributed by atoms with E-state index in [9.17, 15) is 12.8 Å². The van der Waals surface area contributed by atoms with Crippen LogP contribution < -0.4 is 5.32 Å². The highest BCUT2D eigenvalue weighted by atomic mass is 32.2. The summed E-state index contributed by atoms with van der Waals surface area (Å²) in [6, 6.07) is 14.9. The van der Waals surface area contributed by atoms with Gasteiger partial charge in [-0.2, -0.15) is 4.31 Å². The van der Waals surface area contributed by atoms with E-state index in [0.29, 0.717) is 46.3 Å². The van der Waals surface area contributed by atoms with Crippen molar-refractivity contribution in [2.24, 2.45) is 0 Å². The zero-order chi connectivity index (χ0) is 21.1. The lowest BCUT2D eigenvalue weighted by atomic mass is 10.1. The molecule has 0 atom stereocenters. The predicted octanol–water partition coefficient (Wildman–Crippen LogP) is 4.51. The lowest BCUT2D eigenvalue weighted by Gasteiger charge is -2.26. The van der Waals surface area contributed by atoms with Crippen LogP contribution in [0.1, 0.15) is 24.8 Å². The quantitative estimate of drug-likeness (QED) is 0.650. The Morgan fingerprint density at radius 2 is 1.77 bits per heavy atom. The highest BCUT2D eigenvalue weighted by Crippen LogP contribution is 2.28. The van der Waals surface area contributed by atoms with Crippen molar-refractivity contribution >= 4 is 21.5 Å². The zero-order valence-electron chi connectivity index (χ0n) is 16.7. The molecule has 0 aliphatic carbocycles. The first-order chi connectivity index (χ1) is 14.4. The zero-order valence-corrected chi connectivity index (χ0v) is 17.5. The van der Waals surface area contributed by atoms with Gasteiger partial charge in [-0.25, -0.2) is 12.8 Å². The Hall–Kier alpha value is -2.84. The molecule has 1 aliphatic heterocycles.